The van der Waals surface area contributed by atoms with Crippen molar-refractivity contribution in [3.63, 3.8) is 0 Å². The molecule has 3 aliphatic rings. The van der Waals surface area contributed by atoms with E-state index >= 15 is 0 Å². The molecule has 0 spiro atoms. The minimum atomic E-state index is -1.11. The van der Waals surface area contributed by atoms with Crippen molar-refractivity contribution in [3.8, 4) is 0 Å². The van der Waals surface area contributed by atoms with Crippen LogP contribution in [0.1, 0.15) is 98.9 Å². The van der Waals surface area contributed by atoms with Gasteiger partial charge in [0, 0.05) is 144 Å². The van der Waals surface area contributed by atoms with Crippen LogP contribution >= 0.6 is 0 Å². The van der Waals surface area contributed by atoms with Crippen LogP contribution in [-0.4, -0.2) is 290 Å². The number of carboxylic acid groups (broad SMARTS) is 9. The average molecular weight is 1450 g/mol. The summed E-state index contributed by atoms with van der Waals surface area (Å²) < 4.78 is 0. The first-order valence-corrected chi connectivity index (χ1v) is 33.5. The van der Waals surface area contributed by atoms with Gasteiger partial charge < -0.3 is 46.0 Å². The lowest BCUT2D eigenvalue weighted by Crippen LogP contribution is -2.43. The number of carbonyl (C=O) groups is 9. The van der Waals surface area contributed by atoms with Crippen LogP contribution in [0.15, 0.2) is 127 Å². The molecule has 10 heterocycles. The molecule has 0 atom stereocenters. The standard InChI is InChI=1S/C27H30N6O6.2C22H27N5O6/c34-25(35)18-31-10-12-32(16-21-6-2-8-23(29-21)26(36)37)14-19-4-1-5-20(28-19)15-33(13-11-31)17-22-7-3-9-24(30-22)27(38)39;28-20(29)14-26-9-7-25(11-18-5-2-6-19(24-18)22(32)33)8-10-27(15-21(30)31)13-17-4-1-3-16(12-26)23-17;28-20(29)14-25-7-9-26(13-18-5-2-6-19(24-18)22(32)33)11-16-3-1-4-17(23-16)12-27(10-8-25)15-21(30)31/h1-9H,10-18H2,(H,34,35)(H,36,37)(H,38,39);2*1-6H,7-15H2,(H,28,29)(H,30,31)(H,32,33). The smallest absolute Gasteiger partial charge is 0.354 e. The number of aromatic carboxylic acids is 4. The predicted molar refractivity (Wildman–Crippen MR) is 372 cm³/mol. The minimum absolute atomic E-state index is 0.0297. The molecule has 105 heavy (non-hydrogen) atoms. The molecule has 10 rings (SSSR count). The Morgan fingerprint density at radius 3 is 0.638 bits per heavy atom. The van der Waals surface area contributed by atoms with Crippen LogP contribution < -0.4 is 0 Å². The van der Waals surface area contributed by atoms with E-state index in [0.717, 1.165) is 22.8 Å². The van der Waals surface area contributed by atoms with E-state index in [-0.39, 0.29) is 55.5 Å². The van der Waals surface area contributed by atoms with E-state index in [2.05, 4.69) is 39.7 Å². The average Bonchev–Trinajstić information content (AvgIpc) is 0.857. The Morgan fingerprint density at radius 2 is 0.410 bits per heavy atom. The van der Waals surface area contributed by atoms with Gasteiger partial charge in [0.15, 0.2) is 0 Å². The highest BCUT2D eigenvalue weighted by molar-refractivity contribution is 5.86. The number of hydrogen-bond acceptors (Lipinski definition) is 25. The summed E-state index contributed by atoms with van der Waals surface area (Å²) in [4.78, 5) is 150. The van der Waals surface area contributed by atoms with E-state index in [4.69, 9.17) is 4.98 Å². The van der Waals surface area contributed by atoms with Gasteiger partial charge in [-0.25, -0.2) is 39.1 Å². The molecule has 0 aliphatic carbocycles. The maximum atomic E-state index is 11.6. The Labute approximate surface area is 603 Å². The molecule has 9 N–H and O–H groups in total. The van der Waals surface area contributed by atoms with Gasteiger partial charge in [-0.15, -0.1) is 0 Å². The van der Waals surface area contributed by atoms with Gasteiger partial charge in [0.05, 0.1) is 89.7 Å². The van der Waals surface area contributed by atoms with Crippen LogP contribution in [0.25, 0.3) is 0 Å². The van der Waals surface area contributed by atoms with Gasteiger partial charge in [0.1, 0.15) is 22.8 Å². The van der Waals surface area contributed by atoms with Crippen molar-refractivity contribution >= 4 is 53.7 Å². The van der Waals surface area contributed by atoms with Gasteiger partial charge in [-0.2, -0.15) is 0 Å². The zero-order chi connectivity index (χ0) is 75.4. The van der Waals surface area contributed by atoms with E-state index in [1.54, 1.807) is 68.1 Å². The number of hydrogen-bond donors (Lipinski definition) is 9. The topological polar surface area (TPSA) is 455 Å². The fourth-order valence-corrected chi connectivity index (χ4v) is 11.9. The first kappa shape index (κ1) is 79.6. The van der Waals surface area contributed by atoms with E-state index in [1.165, 1.54) is 24.3 Å². The molecule has 7 aromatic rings. The van der Waals surface area contributed by atoms with Crippen LogP contribution in [-0.2, 0) is 89.4 Å². The normalized spacial score (nSPS) is 16.2. The second-order valence-corrected chi connectivity index (χ2v) is 25.2. The van der Waals surface area contributed by atoms with Crippen molar-refractivity contribution in [2.75, 3.05) is 111 Å². The lowest BCUT2D eigenvalue weighted by molar-refractivity contribution is -0.140. The van der Waals surface area contributed by atoms with Crippen molar-refractivity contribution in [2.24, 2.45) is 0 Å². The van der Waals surface area contributed by atoms with Gasteiger partial charge >= 0.3 is 53.7 Å². The summed E-state index contributed by atoms with van der Waals surface area (Å²) in [6.07, 6.45) is 0. The Hall–Kier alpha value is -11.1. The fourth-order valence-electron chi connectivity index (χ4n) is 11.9. The number of carboxylic acids is 9. The molecular weight excluding hydrogens is 1360 g/mol. The van der Waals surface area contributed by atoms with E-state index in [0.29, 0.717) is 178 Å². The molecule has 34 nitrogen and oxygen atoms in total. The van der Waals surface area contributed by atoms with E-state index < -0.39 is 53.7 Å². The lowest BCUT2D eigenvalue weighted by atomic mass is 10.2. The van der Waals surface area contributed by atoms with Crippen LogP contribution in [0, 0.1) is 0 Å². The summed E-state index contributed by atoms with van der Waals surface area (Å²) in [7, 11) is 0. The van der Waals surface area contributed by atoms with Gasteiger partial charge in [0.2, 0.25) is 0 Å². The number of pyridine rings is 7. The van der Waals surface area contributed by atoms with Crippen molar-refractivity contribution < 1.29 is 89.1 Å². The third kappa shape index (κ3) is 28.2. The molecule has 34 heteroatoms. The molecule has 0 unspecified atom stereocenters. The summed E-state index contributed by atoms with van der Waals surface area (Å²) >= 11 is 0. The molecule has 7 aromatic heterocycles. The molecular formula is C71H84N16O18. The van der Waals surface area contributed by atoms with Crippen molar-refractivity contribution in [1.82, 2.24) is 79.0 Å². The van der Waals surface area contributed by atoms with E-state index in [9.17, 15) is 89.1 Å². The number of aliphatic carboxylic acids is 5. The maximum Gasteiger partial charge on any atom is 0.354 e. The first-order valence-electron chi connectivity index (χ1n) is 33.5. The van der Waals surface area contributed by atoms with Crippen LogP contribution in [0.4, 0.5) is 0 Å². The first-order chi connectivity index (χ1) is 50.3. The Balaban J connectivity index is 0.000000200. The molecule has 0 amide bonds. The largest absolute Gasteiger partial charge is 0.480 e. The Bertz CT molecular complexity index is 4020. The summed E-state index contributed by atoms with van der Waals surface area (Å²) in [5, 5.41) is 83.8. The van der Waals surface area contributed by atoms with Crippen LogP contribution in [0.3, 0.4) is 0 Å². The highest BCUT2D eigenvalue weighted by atomic mass is 16.4. The lowest BCUT2D eigenvalue weighted by Gasteiger charge is -2.30. The molecule has 0 saturated carbocycles. The molecule has 0 radical (unpaired) electrons. The second kappa shape index (κ2) is 40.1. The Morgan fingerprint density at radius 1 is 0.229 bits per heavy atom. The zero-order valence-electron chi connectivity index (χ0n) is 57.6. The quantitative estimate of drug-likeness (QED) is 0.0471. The van der Waals surface area contributed by atoms with Gasteiger partial charge in [-0.3, -0.25) is 83.0 Å². The molecule has 0 saturated heterocycles. The third-order valence-corrected chi connectivity index (χ3v) is 16.7. The number of rotatable bonds is 22. The number of aromatic nitrogens is 7. The highest BCUT2D eigenvalue weighted by Crippen LogP contribution is 2.18. The van der Waals surface area contributed by atoms with Crippen LogP contribution in [0.5, 0.6) is 0 Å². The van der Waals surface area contributed by atoms with Crippen molar-refractivity contribution in [2.45, 2.75) is 65.4 Å². The van der Waals surface area contributed by atoms with Gasteiger partial charge in [0.25, 0.3) is 0 Å². The summed E-state index contributed by atoms with van der Waals surface area (Å²) in [5.74, 6) is -9.12. The Kier molecular flexibility index (Phi) is 30.4. The molecule has 3 aliphatic heterocycles. The molecule has 556 valence electrons. The molecule has 6 bridgehead atoms. The zero-order valence-corrected chi connectivity index (χ0v) is 57.6. The molecule has 0 fully saturated rings. The summed E-state index contributed by atoms with van der Waals surface area (Å²) in [5.41, 5.74) is 6.80. The van der Waals surface area contributed by atoms with E-state index in [1.807, 2.05) is 69.3 Å². The van der Waals surface area contributed by atoms with Crippen molar-refractivity contribution in [3.05, 3.63) is 207 Å². The maximum absolute atomic E-state index is 11.6. The number of nitrogens with zero attached hydrogens (tertiary/aromatic N) is 16. The summed E-state index contributed by atoms with van der Waals surface area (Å²) in [6.45, 7) is 8.69. The molecule has 0 aromatic carbocycles. The SMILES string of the molecule is O=C(O)CN1CCN(CC(=O)O)Cc2cccc(n2)CN(Cc2cccc(C(=O)O)n2)CC1.O=C(O)CN1CCN(Cc2cccc(C(=O)O)n2)CCN(CC(=O)O)Cc2cccc(n2)C1.O=C(O)CN1CCN(Cc2cccc(C(=O)O)n2)Cc2cccc(n2)CN(Cc2cccc(C(=O)O)n2)CC1. The van der Waals surface area contributed by atoms with Crippen LogP contribution in [0.2, 0.25) is 0 Å². The van der Waals surface area contributed by atoms with Gasteiger partial charge in [-0.1, -0.05) is 42.5 Å². The monoisotopic (exact) mass is 1450 g/mol. The van der Waals surface area contributed by atoms with Crippen molar-refractivity contribution in [1.29, 1.82) is 0 Å². The number of fused-ring (bicyclic) bond motifs is 6. The minimum Gasteiger partial charge on any atom is -0.480 e. The predicted octanol–water partition coefficient (Wildman–Crippen LogP) is 2.60. The highest BCUT2D eigenvalue weighted by Gasteiger charge is 2.25. The third-order valence-electron chi connectivity index (χ3n) is 16.7. The summed E-state index contributed by atoms with van der Waals surface area (Å²) in [6, 6.07) is 36.2. The second-order valence-electron chi connectivity index (χ2n) is 25.2. The fraction of sp³-hybridized carbons (Fsp3) is 0.380. The van der Waals surface area contributed by atoms with Gasteiger partial charge in [-0.05, 0) is 84.9 Å².